The lowest BCUT2D eigenvalue weighted by Gasteiger charge is -1.75. The summed E-state index contributed by atoms with van der Waals surface area (Å²) in [5, 5.41) is 0. The van der Waals surface area contributed by atoms with Crippen LogP contribution in [-0.4, -0.2) is 0 Å². The van der Waals surface area contributed by atoms with Crippen molar-refractivity contribution in [3.63, 3.8) is 0 Å². The van der Waals surface area contributed by atoms with Crippen molar-refractivity contribution in [1.82, 2.24) is 0 Å². The molecule has 0 aromatic carbocycles. The van der Waals surface area contributed by atoms with Gasteiger partial charge >= 0.3 is 0 Å². The first-order valence-corrected chi connectivity index (χ1v) is 4.05. The first-order valence-electron chi connectivity index (χ1n) is 4.05. The Labute approximate surface area is 66.7 Å². The highest BCUT2D eigenvalue weighted by Gasteiger charge is 1.63. The Kier molecular flexibility index (Phi) is 38.4. The van der Waals surface area contributed by atoms with E-state index in [9.17, 15) is 0 Å². The van der Waals surface area contributed by atoms with Gasteiger partial charge in [-0.2, -0.15) is 0 Å². The third kappa shape index (κ3) is 51.1. The minimum atomic E-state index is 1.11. The van der Waals surface area contributed by atoms with E-state index >= 15 is 0 Å². The molecule has 10 heavy (non-hydrogen) atoms. The number of rotatable bonds is 1. The van der Waals surface area contributed by atoms with Crippen LogP contribution in [0.1, 0.15) is 41.5 Å². The largest absolute Gasteiger partial charge is 0.0961 e. The van der Waals surface area contributed by atoms with Crippen molar-refractivity contribution in [3.8, 4) is 0 Å². The van der Waals surface area contributed by atoms with Gasteiger partial charge in [0.05, 0.1) is 0 Å². The molecule has 0 amide bonds. The third-order valence-electron chi connectivity index (χ3n) is 0.451. The van der Waals surface area contributed by atoms with Crippen LogP contribution in [-0.2, 0) is 0 Å². The van der Waals surface area contributed by atoms with Crippen LogP contribution in [0, 0.1) is 0 Å². The van der Waals surface area contributed by atoms with E-state index in [1.54, 1.807) is 0 Å². The van der Waals surface area contributed by atoms with Crippen LogP contribution >= 0.6 is 0 Å². The zero-order valence-corrected chi connectivity index (χ0v) is 8.36. The van der Waals surface area contributed by atoms with E-state index in [0.717, 1.165) is 5.57 Å². The lowest BCUT2D eigenvalue weighted by atomic mass is 10.3. The minimum absolute atomic E-state index is 1.11. The fourth-order valence-electron chi connectivity index (χ4n) is 0.285. The second kappa shape index (κ2) is 23.6. The van der Waals surface area contributed by atoms with Crippen molar-refractivity contribution in [2.45, 2.75) is 41.5 Å². The Morgan fingerprint density at radius 1 is 1.10 bits per heavy atom. The molecule has 0 unspecified atom stereocenters. The monoisotopic (exact) mass is 142 g/mol. The highest BCUT2D eigenvalue weighted by Crippen LogP contribution is 1.85. The molecule has 62 valence electrons. The van der Waals surface area contributed by atoms with E-state index in [1.807, 2.05) is 53.7 Å². The van der Waals surface area contributed by atoms with Crippen LogP contribution in [0.15, 0.2) is 24.3 Å². The fourth-order valence-corrected chi connectivity index (χ4v) is 0.285. The summed E-state index contributed by atoms with van der Waals surface area (Å²) in [7, 11) is 0. The van der Waals surface area contributed by atoms with Gasteiger partial charge in [0.1, 0.15) is 0 Å². The normalized spacial score (nSPS) is 7.00. The molecule has 0 aromatic rings. The molecule has 0 atom stereocenters. The third-order valence-corrected chi connectivity index (χ3v) is 0.451. The van der Waals surface area contributed by atoms with Crippen molar-refractivity contribution < 1.29 is 0 Å². The fraction of sp³-hybridized carbons (Fsp3) is 0.600. The first kappa shape index (κ1) is 16.2. The molecule has 0 radical (unpaired) electrons. The van der Waals surface area contributed by atoms with Crippen LogP contribution in [0.5, 0.6) is 0 Å². The molecule has 0 rings (SSSR count). The van der Waals surface area contributed by atoms with Gasteiger partial charge in [-0.25, -0.2) is 0 Å². The standard InChI is InChI=1S/C6H10.2C2H6/c1-4-5-6(2)3;2*1-2/h4-5H,2H2,1,3H3;2*1-2H3/b5-4+;;. The van der Waals surface area contributed by atoms with Crippen molar-refractivity contribution in [1.29, 1.82) is 0 Å². The molecule has 0 fully saturated rings. The summed E-state index contributed by atoms with van der Waals surface area (Å²) in [5.41, 5.74) is 1.11. The second-order valence-electron chi connectivity index (χ2n) is 1.35. The predicted octanol–water partition coefficient (Wildman–Crippen LogP) is 4.19. The molecule has 0 aliphatic heterocycles. The van der Waals surface area contributed by atoms with Crippen LogP contribution in [0.4, 0.5) is 0 Å². The number of hydrogen-bond acceptors (Lipinski definition) is 0. The molecular weight excluding hydrogens is 120 g/mol. The average Bonchev–Trinajstić information content (AvgIpc) is 1.96. The highest BCUT2D eigenvalue weighted by molar-refractivity contribution is 5.09. The van der Waals surface area contributed by atoms with Crippen LogP contribution in [0.25, 0.3) is 0 Å². The summed E-state index contributed by atoms with van der Waals surface area (Å²) in [4.78, 5) is 0. The van der Waals surface area contributed by atoms with Crippen molar-refractivity contribution >= 4 is 0 Å². The van der Waals surface area contributed by atoms with Gasteiger partial charge in [0, 0.05) is 0 Å². The summed E-state index contributed by atoms with van der Waals surface area (Å²) >= 11 is 0. The molecule has 0 bridgehead atoms. The van der Waals surface area contributed by atoms with Gasteiger partial charge in [-0.3, -0.25) is 0 Å². The summed E-state index contributed by atoms with van der Waals surface area (Å²) in [5.74, 6) is 0. The summed E-state index contributed by atoms with van der Waals surface area (Å²) in [6, 6.07) is 0. The zero-order valence-electron chi connectivity index (χ0n) is 8.36. The maximum atomic E-state index is 3.66. The molecule has 0 heterocycles. The summed E-state index contributed by atoms with van der Waals surface area (Å²) in [6.07, 6.45) is 3.95. The van der Waals surface area contributed by atoms with Crippen LogP contribution in [0.3, 0.4) is 0 Å². The van der Waals surface area contributed by atoms with E-state index in [0.29, 0.717) is 0 Å². The van der Waals surface area contributed by atoms with Gasteiger partial charge in [0.15, 0.2) is 0 Å². The van der Waals surface area contributed by atoms with Gasteiger partial charge in [-0.15, -0.1) is 0 Å². The molecule has 0 saturated carbocycles. The summed E-state index contributed by atoms with van der Waals surface area (Å²) < 4.78 is 0. The van der Waals surface area contributed by atoms with E-state index in [1.165, 1.54) is 0 Å². The van der Waals surface area contributed by atoms with E-state index in [4.69, 9.17) is 0 Å². The van der Waals surface area contributed by atoms with Crippen LogP contribution < -0.4 is 0 Å². The molecule has 0 nitrogen and oxygen atoms in total. The lowest BCUT2D eigenvalue weighted by molar-refractivity contribution is 1.50. The van der Waals surface area contributed by atoms with Crippen molar-refractivity contribution in [2.75, 3.05) is 0 Å². The van der Waals surface area contributed by atoms with Gasteiger partial charge in [0.25, 0.3) is 0 Å². The number of allylic oxidation sites excluding steroid dienone is 3. The molecule has 0 N–H and O–H groups in total. The lowest BCUT2D eigenvalue weighted by Crippen LogP contribution is -1.54. The average molecular weight is 142 g/mol. The van der Waals surface area contributed by atoms with Crippen LogP contribution in [0.2, 0.25) is 0 Å². The Morgan fingerprint density at radius 3 is 1.40 bits per heavy atom. The number of hydrogen-bond donors (Lipinski definition) is 0. The minimum Gasteiger partial charge on any atom is -0.0961 e. The van der Waals surface area contributed by atoms with Crippen molar-refractivity contribution in [3.05, 3.63) is 24.3 Å². The van der Waals surface area contributed by atoms with E-state index < -0.39 is 0 Å². The predicted molar refractivity (Wildman–Crippen MR) is 52.3 cm³/mol. The van der Waals surface area contributed by atoms with Crippen molar-refractivity contribution in [2.24, 2.45) is 0 Å². The van der Waals surface area contributed by atoms with Gasteiger partial charge in [0.2, 0.25) is 0 Å². The molecule has 0 aliphatic rings. The van der Waals surface area contributed by atoms with Gasteiger partial charge in [-0.1, -0.05) is 52.0 Å². The Balaban J connectivity index is -0.000000105. The van der Waals surface area contributed by atoms with E-state index in [-0.39, 0.29) is 0 Å². The Hall–Kier alpha value is -0.520. The van der Waals surface area contributed by atoms with E-state index in [2.05, 4.69) is 6.58 Å². The highest BCUT2D eigenvalue weighted by atomic mass is 13.7. The summed E-state index contributed by atoms with van der Waals surface area (Å²) in [6.45, 7) is 15.6. The molecule has 0 aliphatic carbocycles. The topological polar surface area (TPSA) is 0 Å². The molecule has 0 saturated heterocycles. The van der Waals surface area contributed by atoms with Gasteiger partial charge in [-0.05, 0) is 13.8 Å². The maximum Gasteiger partial charge on any atom is -0.0404 e. The molecule has 0 aromatic heterocycles. The molecule has 0 spiro atoms. The smallest absolute Gasteiger partial charge is 0.0404 e. The Bertz CT molecular complexity index is 68.1. The molecule has 0 heteroatoms. The van der Waals surface area contributed by atoms with Gasteiger partial charge < -0.3 is 0 Å². The molecular formula is C10H22. The quantitative estimate of drug-likeness (QED) is 0.481. The maximum absolute atomic E-state index is 3.66. The first-order chi connectivity index (χ1) is 4.77. The SMILES string of the molecule is C=C(C)/C=C/C.CC.CC. The second-order valence-corrected chi connectivity index (χ2v) is 1.35. The Morgan fingerprint density at radius 2 is 1.40 bits per heavy atom. The zero-order chi connectivity index (χ0) is 8.99.